The summed E-state index contributed by atoms with van der Waals surface area (Å²) in [6.07, 6.45) is 0. The Bertz CT molecular complexity index is 734. The molecule has 0 bridgehead atoms. The Morgan fingerprint density at radius 3 is 2.72 bits per heavy atom. The molecule has 2 N–H and O–H groups in total. The summed E-state index contributed by atoms with van der Waals surface area (Å²) in [5.41, 5.74) is 9.82. The van der Waals surface area contributed by atoms with Crippen LogP contribution < -0.4 is 5.73 Å². The average Bonchev–Trinajstić information content (AvgIpc) is 2.78. The second-order valence-corrected chi connectivity index (χ2v) is 4.53. The number of nitrogens with two attached hydrogens (primary N) is 1. The van der Waals surface area contributed by atoms with Crippen molar-refractivity contribution < 1.29 is 4.42 Å². The van der Waals surface area contributed by atoms with Crippen molar-refractivity contribution in [2.75, 3.05) is 5.73 Å². The number of benzene rings is 2. The number of hydrogen-bond acceptors (Lipinski definition) is 3. The largest absolute Gasteiger partial charge is 0.434 e. The van der Waals surface area contributed by atoms with Crippen LogP contribution in [0.2, 0.25) is 5.02 Å². The van der Waals surface area contributed by atoms with Crippen molar-refractivity contribution in [2.24, 2.45) is 0 Å². The molecule has 0 amide bonds. The van der Waals surface area contributed by atoms with E-state index in [9.17, 15) is 0 Å². The van der Waals surface area contributed by atoms with Gasteiger partial charge < -0.3 is 10.2 Å². The van der Waals surface area contributed by atoms with Crippen LogP contribution in [0.4, 0.5) is 5.69 Å². The first-order valence-electron chi connectivity index (χ1n) is 5.57. The summed E-state index contributed by atoms with van der Waals surface area (Å²) in [6, 6.07) is 11.2. The van der Waals surface area contributed by atoms with Gasteiger partial charge in [-0.25, -0.2) is 4.98 Å². The van der Waals surface area contributed by atoms with E-state index in [-0.39, 0.29) is 0 Å². The number of hydrogen-bond donors (Lipinski definition) is 1. The summed E-state index contributed by atoms with van der Waals surface area (Å²) in [5.74, 6) is 0.544. The van der Waals surface area contributed by atoms with E-state index in [1.807, 2.05) is 37.3 Å². The number of para-hydroxylation sites is 1. The van der Waals surface area contributed by atoms with Gasteiger partial charge >= 0.3 is 0 Å². The van der Waals surface area contributed by atoms with Gasteiger partial charge in [-0.1, -0.05) is 23.7 Å². The zero-order chi connectivity index (χ0) is 12.7. The van der Waals surface area contributed by atoms with Crippen molar-refractivity contribution in [2.45, 2.75) is 6.92 Å². The number of aromatic nitrogens is 1. The highest BCUT2D eigenvalue weighted by Gasteiger charge is 2.13. The van der Waals surface area contributed by atoms with Crippen molar-refractivity contribution in [3.8, 4) is 11.5 Å². The monoisotopic (exact) mass is 258 g/mol. The van der Waals surface area contributed by atoms with Gasteiger partial charge in [0.2, 0.25) is 5.89 Å². The number of anilines is 1. The maximum absolute atomic E-state index is 6.07. The molecule has 4 heteroatoms. The van der Waals surface area contributed by atoms with Gasteiger partial charge in [0.25, 0.3) is 0 Å². The lowest BCUT2D eigenvalue weighted by Crippen LogP contribution is -1.91. The molecule has 3 aromatic rings. The van der Waals surface area contributed by atoms with E-state index in [0.29, 0.717) is 16.5 Å². The lowest BCUT2D eigenvalue weighted by molar-refractivity contribution is 0.619. The van der Waals surface area contributed by atoms with E-state index in [0.717, 1.165) is 22.3 Å². The summed E-state index contributed by atoms with van der Waals surface area (Å²) in [5, 5.41) is 0.563. The lowest BCUT2D eigenvalue weighted by atomic mass is 10.1. The standard InChI is InChI=1S/C14H11ClN2O/c1-8-9(4-2-6-11(8)16)14-17-12-7-3-5-10(15)13(12)18-14/h2-7H,16H2,1H3. The van der Waals surface area contributed by atoms with E-state index >= 15 is 0 Å². The van der Waals surface area contributed by atoms with Gasteiger partial charge in [-0.15, -0.1) is 0 Å². The Morgan fingerprint density at radius 2 is 1.94 bits per heavy atom. The molecular weight excluding hydrogens is 248 g/mol. The molecule has 1 aromatic heterocycles. The van der Waals surface area contributed by atoms with Crippen LogP contribution in [0.3, 0.4) is 0 Å². The van der Waals surface area contributed by atoms with Gasteiger partial charge in [0.1, 0.15) is 5.52 Å². The zero-order valence-electron chi connectivity index (χ0n) is 9.77. The Labute approximate surface area is 109 Å². The van der Waals surface area contributed by atoms with Crippen molar-refractivity contribution in [3.05, 3.63) is 47.0 Å². The van der Waals surface area contributed by atoms with Crippen molar-refractivity contribution >= 4 is 28.4 Å². The van der Waals surface area contributed by atoms with Crippen LogP contribution in [0.1, 0.15) is 5.56 Å². The maximum Gasteiger partial charge on any atom is 0.227 e. The van der Waals surface area contributed by atoms with Crippen molar-refractivity contribution in [1.29, 1.82) is 0 Å². The fourth-order valence-electron chi connectivity index (χ4n) is 1.92. The Balaban J connectivity index is 2.26. The van der Waals surface area contributed by atoms with Gasteiger partial charge in [0.15, 0.2) is 5.58 Å². The number of oxazole rings is 1. The first-order chi connectivity index (χ1) is 8.66. The molecule has 0 spiro atoms. The third kappa shape index (κ3) is 1.64. The van der Waals surface area contributed by atoms with Crippen LogP contribution in [0.15, 0.2) is 40.8 Å². The first kappa shape index (κ1) is 11.1. The molecule has 1 heterocycles. The topological polar surface area (TPSA) is 52.0 Å². The van der Waals surface area contributed by atoms with Crippen molar-refractivity contribution in [1.82, 2.24) is 4.98 Å². The molecule has 0 aliphatic heterocycles. The third-order valence-electron chi connectivity index (χ3n) is 2.97. The minimum absolute atomic E-state index is 0.544. The van der Waals surface area contributed by atoms with Crippen LogP contribution in [-0.4, -0.2) is 4.98 Å². The number of nitrogen functional groups attached to an aromatic ring is 1. The third-order valence-corrected chi connectivity index (χ3v) is 3.27. The van der Waals surface area contributed by atoms with Gasteiger partial charge in [-0.05, 0) is 36.8 Å². The molecule has 2 aromatic carbocycles. The Morgan fingerprint density at radius 1 is 1.17 bits per heavy atom. The predicted molar refractivity (Wildman–Crippen MR) is 73.6 cm³/mol. The van der Waals surface area contributed by atoms with Gasteiger partial charge in [0.05, 0.1) is 5.02 Å². The van der Waals surface area contributed by atoms with E-state index in [1.165, 1.54) is 0 Å². The molecule has 0 saturated carbocycles. The van der Waals surface area contributed by atoms with E-state index < -0.39 is 0 Å². The molecule has 0 fully saturated rings. The molecular formula is C14H11ClN2O. The summed E-state index contributed by atoms with van der Waals surface area (Å²) in [4.78, 5) is 4.44. The lowest BCUT2D eigenvalue weighted by Gasteiger charge is -2.03. The SMILES string of the molecule is Cc1c(N)cccc1-c1nc2cccc(Cl)c2o1. The molecule has 0 aliphatic carbocycles. The molecule has 0 atom stereocenters. The Hall–Kier alpha value is -2.00. The predicted octanol–water partition coefficient (Wildman–Crippen LogP) is 4.04. The van der Waals surface area contributed by atoms with Gasteiger partial charge in [-0.3, -0.25) is 0 Å². The number of halogens is 1. The quantitative estimate of drug-likeness (QED) is 0.670. The van der Waals surface area contributed by atoms with Crippen LogP contribution in [0, 0.1) is 6.92 Å². The average molecular weight is 259 g/mol. The van der Waals surface area contributed by atoms with Crippen LogP contribution in [0.25, 0.3) is 22.6 Å². The highest BCUT2D eigenvalue weighted by molar-refractivity contribution is 6.34. The fourth-order valence-corrected chi connectivity index (χ4v) is 2.12. The van der Waals surface area contributed by atoms with Gasteiger partial charge in [0, 0.05) is 11.3 Å². The Kier molecular flexibility index (Phi) is 2.49. The highest BCUT2D eigenvalue weighted by atomic mass is 35.5. The number of nitrogens with zero attached hydrogens (tertiary/aromatic N) is 1. The molecule has 90 valence electrons. The van der Waals surface area contributed by atoms with E-state index in [2.05, 4.69) is 4.98 Å². The number of rotatable bonds is 1. The molecule has 0 saturated heterocycles. The molecule has 0 aliphatic rings. The molecule has 18 heavy (non-hydrogen) atoms. The maximum atomic E-state index is 6.07. The van der Waals surface area contributed by atoms with Crippen LogP contribution in [0.5, 0.6) is 0 Å². The first-order valence-corrected chi connectivity index (χ1v) is 5.95. The van der Waals surface area contributed by atoms with E-state index in [1.54, 1.807) is 6.07 Å². The van der Waals surface area contributed by atoms with Crippen LogP contribution >= 0.6 is 11.6 Å². The summed E-state index contributed by atoms with van der Waals surface area (Å²) in [7, 11) is 0. The summed E-state index contributed by atoms with van der Waals surface area (Å²) < 4.78 is 5.72. The summed E-state index contributed by atoms with van der Waals surface area (Å²) >= 11 is 6.07. The normalized spacial score (nSPS) is 11.0. The van der Waals surface area contributed by atoms with E-state index in [4.69, 9.17) is 21.8 Å². The second kappa shape index (κ2) is 4.03. The minimum atomic E-state index is 0.544. The van der Waals surface area contributed by atoms with Crippen LogP contribution in [-0.2, 0) is 0 Å². The molecule has 0 radical (unpaired) electrons. The van der Waals surface area contributed by atoms with Crippen molar-refractivity contribution in [3.63, 3.8) is 0 Å². The zero-order valence-corrected chi connectivity index (χ0v) is 10.5. The molecule has 0 unspecified atom stereocenters. The fraction of sp³-hybridized carbons (Fsp3) is 0.0714. The van der Waals surface area contributed by atoms with Gasteiger partial charge in [-0.2, -0.15) is 0 Å². The smallest absolute Gasteiger partial charge is 0.227 e. The molecule has 3 rings (SSSR count). The summed E-state index contributed by atoms with van der Waals surface area (Å²) in [6.45, 7) is 1.95. The second-order valence-electron chi connectivity index (χ2n) is 4.13. The highest BCUT2D eigenvalue weighted by Crippen LogP contribution is 2.31. The number of fused-ring (bicyclic) bond motifs is 1. The molecule has 3 nitrogen and oxygen atoms in total. The minimum Gasteiger partial charge on any atom is -0.434 e.